The summed E-state index contributed by atoms with van der Waals surface area (Å²) < 4.78 is 2.04. The largest absolute Gasteiger partial charge is 1.00 e. The summed E-state index contributed by atoms with van der Waals surface area (Å²) >= 11 is 0. The number of carbonyl (C=O) groups excluding carboxylic acids is 1. The molecule has 0 aliphatic carbocycles. The minimum Gasteiger partial charge on any atom is -1.00 e. The summed E-state index contributed by atoms with van der Waals surface area (Å²) in [5.74, 6) is 0.255. The monoisotopic (exact) mass is 329 g/mol. The third kappa shape index (κ3) is 2.59. The van der Waals surface area contributed by atoms with Gasteiger partial charge in [-0.2, -0.15) is 4.57 Å². The smallest absolute Gasteiger partial charge is 0.213 e. The fourth-order valence-corrected chi connectivity index (χ4v) is 2.47. The molecule has 0 amide bonds. The standard InChI is InChI=1S/C17H16NO.BrH/c1-2-14(19)12-18-11-5-8-16-15-7-4-3-6-13(15)9-10-17(16)18;/h3-11H,2,12H2,1H3;1H/q+1;/p-1. The Morgan fingerprint density at radius 3 is 2.55 bits per heavy atom. The normalized spacial score (nSPS) is 10.4. The van der Waals surface area contributed by atoms with Gasteiger partial charge in [0, 0.05) is 18.6 Å². The number of hydrogen-bond donors (Lipinski definition) is 0. The highest BCUT2D eigenvalue weighted by molar-refractivity contribution is 6.05. The van der Waals surface area contributed by atoms with E-state index in [4.69, 9.17) is 0 Å². The highest BCUT2D eigenvalue weighted by atomic mass is 79.9. The van der Waals surface area contributed by atoms with Gasteiger partial charge in [0.25, 0.3) is 0 Å². The first-order valence-electron chi connectivity index (χ1n) is 6.61. The van der Waals surface area contributed by atoms with Crippen molar-refractivity contribution in [1.29, 1.82) is 0 Å². The second-order valence-electron chi connectivity index (χ2n) is 4.75. The molecule has 3 heteroatoms. The molecule has 3 aromatic rings. The van der Waals surface area contributed by atoms with Gasteiger partial charge < -0.3 is 17.0 Å². The van der Waals surface area contributed by atoms with Crippen LogP contribution < -0.4 is 21.5 Å². The number of ketones is 1. The van der Waals surface area contributed by atoms with Gasteiger partial charge in [0.1, 0.15) is 0 Å². The van der Waals surface area contributed by atoms with Gasteiger partial charge in [0.05, 0.1) is 5.39 Å². The molecular weight excluding hydrogens is 314 g/mol. The van der Waals surface area contributed by atoms with Crippen LogP contribution in [0.2, 0.25) is 0 Å². The highest BCUT2D eigenvalue weighted by Crippen LogP contribution is 2.22. The zero-order valence-electron chi connectivity index (χ0n) is 11.3. The summed E-state index contributed by atoms with van der Waals surface area (Å²) in [6.45, 7) is 2.36. The zero-order chi connectivity index (χ0) is 13.2. The molecule has 0 aliphatic heterocycles. The first-order chi connectivity index (χ1) is 9.29. The second kappa shape index (κ2) is 6.14. The molecule has 0 unspecified atom stereocenters. The molecule has 0 atom stereocenters. The van der Waals surface area contributed by atoms with Gasteiger partial charge in [-0.25, -0.2) is 0 Å². The fourth-order valence-electron chi connectivity index (χ4n) is 2.47. The Bertz CT molecular complexity index is 767. The molecule has 0 saturated carbocycles. The summed E-state index contributed by atoms with van der Waals surface area (Å²) in [6, 6.07) is 16.7. The number of carbonyl (C=O) groups is 1. The first kappa shape index (κ1) is 14.7. The van der Waals surface area contributed by atoms with Crippen LogP contribution >= 0.6 is 0 Å². The van der Waals surface area contributed by atoms with Crippen molar-refractivity contribution in [2.75, 3.05) is 0 Å². The van der Waals surface area contributed by atoms with E-state index in [0.717, 1.165) is 5.52 Å². The molecule has 1 aromatic heterocycles. The van der Waals surface area contributed by atoms with Crippen molar-refractivity contribution < 1.29 is 26.3 Å². The van der Waals surface area contributed by atoms with Crippen molar-refractivity contribution in [2.45, 2.75) is 19.9 Å². The van der Waals surface area contributed by atoms with Crippen molar-refractivity contribution in [3.63, 3.8) is 0 Å². The number of aromatic nitrogens is 1. The Labute approximate surface area is 128 Å². The third-order valence-corrected chi connectivity index (χ3v) is 3.53. The maximum absolute atomic E-state index is 11.7. The van der Waals surface area contributed by atoms with Gasteiger partial charge in [0.15, 0.2) is 12.0 Å². The van der Waals surface area contributed by atoms with E-state index in [1.807, 2.05) is 29.8 Å². The van der Waals surface area contributed by atoms with E-state index in [2.05, 4.69) is 36.4 Å². The number of benzene rings is 2. The van der Waals surface area contributed by atoms with Crippen molar-refractivity contribution in [2.24, 2.45) is 0 Å². The molecule has 2 aromatic carbocycles. The topological polar surface area (TPSA) is 20.9 Å². The summed E-state index contributed by atoms with van der Waals surface area (Å²) in [5.41, 5.74) is 1.11. The lowest BCUT2D eigenvalue weighted by Gasteiger charge is -2.03. The van der Waals surface area contributed by atoms with Gasteiger partial charge in [-0.3, -0.25) is 4.79 Å². The van der Waals surface area contributed by atoms with E-state index in [1.54, 1.807) is 0 Å². The van der Waals surface area contributed by atoms with Gasteiger partial charge in [-0.05, 0) is 22.9 Å². The molecule has 102 valence electrons. The molecule has 0 bridgehead atoms. The minimum absolute atomic E-state index is 0. The number of halogens is 1. The molecule has 0 N–H and O–H groups in total. The van der Waals surface area contributed by atoms with Gasteiger partial charge in [0.2, 0.25) is 12.1 Å². The number of pyridine rings is 1. The van der Waals surface area contributed by atoms with Crippen LogP contribution in [0, 0.1) is 0 Å². The molecule has 0 saturated heterocycles. The predicted molar refractivity (Wildman–Crippen MR) is 76.9 cm³/mol. The summed E-state index contributed by atoms with van der Waals surface area (Å²) in [4.78, 5) is 11.7. The average molecular weight is 330 g/mol. The summed E-state index contributed by atoms with van der Waals surface area (Å²) in [6.07, 6.45) is 2.56. The predicted octanol–water partition coefficient (Wildman–Crippen LogP) is 0.264. The molecule has 1 heterocycles. The van der Waals surface area contributed by atoms with Gasteiger partial charge in [-0.1, -0.05) is 31.2 Å². The Balaban J connectivity index is 0.00000147. The highest BCUT2D eigenvalue weighted by Gasteiger charge is 2.13. The van der Waals surface area contributed by atoms with Crippen LogP contribution in [0.25, 0.3) is 21.7 Å². The molecule has 0 radical (unpaired) electrons. The average Bonchev–Trinajstić information content (AvgIpc) is 2.47. The van der Waals surface area contributed by atoms with E-state index in [0.29, 0.717) is 13.0 Å². The van der Waals surface area contributed by atoms with E-state index < -0.39 is 0 Å². The zero-order valence-corrected chi connectivity index (χ0v) is 12.9. The number of nitrogens with zero attached hydrogens (tertiary/aromatic N) is 1. The number of rotatable bonds is 3. The van der Waals surface area contributed by atoms with Crippen LogP contribution in [0.3, 0.4) is 0 Å². The number of Topliss-reactive ketones (excluding diaryl/α,β-unsaturated/α-hetero) is 1. The van der Waals surface area contributed by atoms with Crippen molar-refractivity contribution in [3.8, 4) is 0 Å². The third-order valence-electron chi connectivity index (χ3n) is 3.53. The molecular formula is C17H16BrNO. The molecule has 3 rings (SSSR count). The lowest BCUT2D eigenvalue weighted by Crippen LogP contribution is -3.00. The van der Waals surface area contributed by atoms with Crippen LogP contribution in [0.5, 0.6) is 0 Å². The van der Waals surface area contributed by atoms with E-state index in [-0.39, 0.29) is 22.8 Å². The molecule has 0 aliphatic rings. The van der Waals surface area contributed by atoms with E-state index in [1.165, 1.54) is 16.2 Å². The van der Waals surface area contributed by atoms with Crippen LogP contribution in [-0.4, -0.2) is 5.78 Å². The Morgan fingerprint density at radius 2 is 1.75 bits per heavy atom. The second-order valence-corrected chi connectivity index (χ2v) is 4.75. The lowest BCUT2D eigenvalue weighted by molar-refractivity contribution is -0.658. The molecule has 0 fully saturated rings. The van der Waals surface area contributed by atoms with Crippen LogP contribution in [-0.2, 0) is 11.3 Å². The van der Waals surface area contributed by atoms with Crippen molar-refractivity contribution in [3.05, 3.63) is 54.7 Å². The van der Waals surface area contributed by atoms with E-state index >= 15 is 0 Å². The van der Waals surface area contributed by atoms with Crippen LogP contribution in [0.4, 0.5) is 0 Å². The van der Waals surface area contributed by atoms with Crippen molar-refractivity contribution >= 4 is 27.5 Å². The maximum atomic E-state index is 11.7. The quantitative estimate of drug-likeness (QED) is 0.499. The van der Waals surface area contributed by atoms with Gasteiger partial charge in [-0.15, -0.1) is 0 Å². The Hall–Kier alpha value is -1.74. The fraction of sp³-hybridized carbons (Fsp3) is 0.176. The number of hydrogen-bond acceptors (Lipinski definition) is 1. The molecule has 20 heavy (non-hydrogen) atoms. The first-order valence-corrected chi connectivity index (χ1v) is 6.61. The summed E-state index contributed by atoms with van der Waals surface area (Å²) in [7, 11) is 0. The molecule has 2 nitrogen and oxygen atoms in total. The lowest BCUT2D eigenvalue weighted by atomic mass is 10.1. The van der Waals surface area contributed by atoms with E-state index in [9.17, 15) is 4.79 Å². The minimum atomic E-state index is 0. The van der Waals surface area contributed by atoms with Crippen LogP contribution in [0.1, 0.15) is 13.3 Å². The van der Waals surface area contributed by atoms with Crippen LogP contribution in [0.15, 0.2) is 54.7 Å². The SMILES string of the molecule is CCC(=O)C[n+]1cccc2c3ccccc3ccc21.[Br-]. The Morgan fingerprint density at radius 1 is 1.00 bits per heavy atom. The van der Waals surface area contributed by atoms with Crippen molar-refractivity contribution in [1.82, 2.24) is 0 Å². The summed E-state index contributed by atoms with van der Waals surface area (Å²) in [5, 5.41) is 3.66. The van der Waals surface area contributed by atoms with Gasteiger partial charge >= 0.3 is 0 Å². The molecule has 0 spiro atoms. The Kier molecular flexibility index (Phi) is 4.50. The number of fused-ring (bicyclic) bond motifs is 3. The maximum Gasteiger partial charge on any atom is 0.213 e.